The van der Waals surface area contributed by atoms with E-state index in [2.05, 4.69) is 33.0 Å². The first-order valence-electron chi connectivity index (χ1n) is 8.39. The molecule has 1 aliphatic rings. The molecule has 2 rings (SSSR count). The molecule has 1 aromatic rings. The molecule has 0 radical (unpaired) electrons. The summed E-state index contributed by atoms with van der Waals surface area (Å²) < 4.78 is 0. The summed E-state index contributed by atoms with van der Waals surface area (Å²) in [6.45, 7) is 10.2. The van der Waals surface area contributed by atoms with Gasteiger partial charge in [0.05, 0.1) is 11.2 Å². The number of thiazole rings is 1. The van der Waals surface area contributed by atoms with Crippen molar-refractivity contribution in [2.45, 2.75) is 78.2 Å². The number of fused-ring (bicyclic) bond motifs is 1. The fraction of sp³-hybridized carbons (Fsp3) is 0.824. The molecule has 2 unspecified atom stereocenters. The van der Waals surface area contributed by atoms with Crippen molar-refractivity contribution in [1.29, 1.82) is 0 Å². The molecule has 1 heterocycles. The topological polar surface area (TPSA) is 24.9 Å². The van der Waals surface area contributed by atoms with E-state index in [1.165, 1.54) is 49.2 Å². The minimum atomic E-state index is 0.103. The van der Waals surface area contributed by atoms with E-state index in [1.54, 1.807) is 4.88 Å². The van der Waals surface area contributed by atoms with Crippen LogP contribution in [-0.2, 0) is 18.4 Å². The fourth-order valence-electron chi connectivity index (χ4n) is 3.29. The lowest BCUT2D eigenvalue weighted by atomic mass is 9.85. The van der Waals surface area contributed by atoms with E-state index >= 15 is 0 Å². The van der Waals surface area contributed by atoms with Gasteiger partial charge in [-0.25, -0.2) is 4.98 Å². The van der Waals surface area contributed by atoms with Gasteiger partial charge in [0.15, 0.2) is 0 Å². The number of aryl methyl sites for hydroxylation is 2. The second-order valence-electron chi connectivity index (χ2n) is 6.28. The van der Waals surface area contributed by atoms with Gasteiger partial charge >= 0.3 is 0 Å². The van der Waals surface area contributed by atoms with Gasteiger partial charge in [0.1, 0.15) is 5.01 Å². The second-order valence-corrected chi connectivity index (χ2v) is 7.36. The number of nitrogens with zero attached hydrogens (tertiary/aromatic N) is 1. The van der Waals surface area contributed by atoms with Gasteiger partial charge in [0.25, 0.3) is 0 Å². The Morgan fingerprint density at radius 3 is 2.60 bits per heavy atom. The van der Waals surface area contributed by atoms with Gasteiger partial charge < -0.3 is 5.32 Å². The third kappa shape index (κ3) is 3.25. The zero-order valence-corrected chi connectivity index (χ0v) is 14.4. The molecule has 0 saturated carbocycles. The minimum absolute atomic E-state index is 0.103. The Labute approximate surface area is 128 Å². The Bertz CT molecular complexity index is 403. The Balaban J connectivity index is 2.31. The first-order valence-corrected chi connectivity index (χ1v) is 9.20. The highest BCUT2D eigenvalue weighted by molar-refractivity contribution is 7.11. The van der Waals surface area contributed by atoms with Crippen molar-refractivity contribution in [2.75, 3.05) is 6.54 Å². The summed E-state index contributed by atoms with van der Waals surface area (Å²) in [5, 5.41) is 5.14. The lowest BCUT2D eigenvalue weighted by Gasteiger charge is -2.34. The van der Waals surface area contributed by atoms with Crippen LogP contribution in [-0.4, -0.2) is 11.5 Å². The van der Waals surface area contributed by atoms with E-state index in [1.807, 2.05) is 11.3 Å². The molecule has 1 aromatic heterocycles. The van der Waals surface area contributed by atoms with Crippen molar-refractivity contribution in [3.05, 3.63) is 15.6 Å². The molecule has 2 atom stereocenters. The Kier molecular flexibility index (Phi) is 5.62. The molecule has 0 aliphatic heterocycles. The summed E-state index contributed by atoms with van der Waals surface area (Å²) in [5.74, 6) is 0.745. The Morgan fingerprint density at radius 1 is 1.25 bits per heavy atom. The van der Waals surface area contributed by atoms with Crippen molar-refractivity contribution in [2.24, 2.45) is 5.92 Å². The van der Waals surface area contributed by atoms with Crippen molar-refractivity contribution < 1.29 is 0 Å². The van der Waals surface area contributed by atoms with Gasteiger partial charge in [-0.3, -0.25) is 0 Å². The van der Waals surface area contributed by atoms with Crippen molar-refractivity contribution in [3.63, 3.8) is 0 Å². The maximum absolute atomic E-state index is 5.06. The smallest absolute Gasteiger partial charge is 0.113 e. The van der Waals surface area contributed by atoms with Crippen LogP contribution in [0.3, 0.4) is 0 Å². The molecule has 1 N–H and O–H groups in total. The molecule has 114 valence electrons. The van der Waals surface area contributed by atoms with E-state index in [9.17, 15) is 0 Å². The molecule has 0 aromatic carbocycles. The quantitative estimate of drug-likeness (QED) is 0.790. The third-order valence-corrected chi connectivity index (χ3v) is 6.13. The van der Waals surface area contributed by atoms with E-state index in [0.29, 0.717) is 0 Å². The van der Waals surface area contributed by atoms with Crippen LogP contribution in [0.5, 0.6) is 0 Å². The molecule has 1 aliphatic carbocycles. The van der Waals surface area contributed by atoms with Crippen LogP contribution in [0.25, 0.3) is 0 Å². The molecule has 0 amide bonds. The van der Waals surface area contributed by atoms with Crippen LogP contribution >= 0.6 is 11.3 Å². The summed E-state index contributed by atoms with van der Waals surface area (Å²) in [4.78, 5) is 6.62. The minimum Gasteiger partial charge on any atom is -0.306 e. The summed E-state index contributed by atoms with van der Waals surface area (Å²) in [7, 11) is 0. The van der Waals surface area contributed by atoms with E-state index in [-0.39, 0.29) is 5.54 Å². The second kappa shape index (κ2) is 7.04. The average Bonchev–Trinajstić information content (AvgIpc) is 2.90. The zero-order chi connectivity index (χ0) is 14.6. The van der Waals surface area contributed by atoms with Crippen molar-refractivity contribution in [3.8, 4) is 0 Å². The van der Waals surface area contributed by atoms with Gasteiger partial charge in [0, 0.05) is 4.88 Å². The highest BCUT2D eigenvalue weighted by Gasteiger charge is 2.35. The highest BCUT2D eigenvalue weighted by Crippen LogP contribution is 2.38. The molecule has 0 fully saturated rings. The monoisotopic (exact) mass is 294 g/mol. The van der Waals surface area contributed by atoms with Gasteiger partial charge in [-0.2, -0.15) is 0 Å². The van der Waals surface area contributed by atoms with E-state index < -0.39 is 0 Å². The molecular formula is C17H30N2S. The zero-order valence-electron chi connectivity index (χ0n) is 13.6. The van der Waals surface area contributed by atoms with Gasteiger partial charge in [-0.1, -0.05) is 34.1 Å². The van der Waals surface area contributed by atoms with Crippen LogP contribution < -0.4 is 5.32 Å². The van der Waals surface area contributed by atoms with Crippen LogP contribution in [0, 0.1) is 5.92 Å². The molecular weight excluding hydrogens is 264 g/mol. The molecule has 0 saturated heterocycles. The lowest BCUT2D eigenvalue weighted by Crippen LogP contribution is -2.43. The van der Waals surface area contributed by atoms with Gasteiger partial charge in [-0.05, 0) is 51.0 Å². The Morgan fingerprint density at radius 2 is 2.00 bits per heavy atom. The first-order chi connectivity index (χ1) is 9.65. The molecule has 0 bridgehead atoms. The standard InChI is InChI=1S/C17H30N2S/c1-5-13(4)12-17(6-2,18-7-3)16-19-14-10-8-9-11-15(14)20-16/h13,18H,5-12H2,1-4H3. The summed E-state index contributed by atoms with van der Waals surface area (Å²) in [6, 6.07) is 0. The predicted octanol–water partition coefficient (Wildman–Crippen LogP) is 4.67. The van der Waals surface area contributed by atoms with Crippen LogP contribution in [0.15, 0.2) is 0 Å². The van der Waals surface area contributed by atoms with E-state index in [4.69, 9.17) is 4.98 Å². The normalized spacial score (nSPS) is 19.4. The number of hydrogen-bond donors (Lipinski definition) is 1. The van der Waals surface area contributed by atoms with Gasteiger partial charge in [0.2, 0.25) is 0 Å². The fourth-order valence-corrected chi connectivity index (χ4v) is 4.69. The number of hydrogen-bond acceptors (Lipinski definition) is 3. The number of aromatic nitrogens is 1. The molecule has 3 heteroatoms. The van der Waals surface area contributed by atoms with Crippen molar-refractivity contribution >= 4 is 11.3 Å². The summed E-state index contributed by atoms with van der Waals surface area (Å²) in [6.07, 6.45) is 8.71. The van der Waals surface area contributed by atoms with E-state index in [0.717, 1.165) is 18.9 Å². The third-order valence-electron chi connectivity index (χ3n) is 4.77. The first kappa shape index (κ1) is 16.0. The number of rotatable bonds is 7. The summed E-state index contributed by atoms with van der Waals surface area (Å²) >= 11 is 1.99. The van der Waals surface area contributed by atoms with Crippen LogP contribution in [0.2, 0.25) is 0 Å². The molecule has 0 spiro atoms. The summed E-state index contributed by atoms with van der Waals surface area (Å²) in [5.41, 5.74) is 1.50. The largest absolute Gasteiger partial charge is 0.306 e. The Hall–Kier alpha value is -0.410. The lowest BCUT2D eigenvalue weighted by molar-refractivity contribution is 0.253. The number of nitrogens with one attached hydrogen (secondary N) is 1. The maximum Gasteiger partial charge on any atom is 0.113 e. The molecule has 20 heavy (non-hydrogen) atoms. The predicted molar refractivity (Wildman–Crippen MR) is 88.5 cm³/mol. The molecule has 2 nitrogen and oxygen atoms in total. The van der Waals surface area contributed by atoms with Crippen LogP contribution in [0.1, 0.15) is 75.4 Å². The highest BCUT2D eigenvalue weighted by atomic mass is 32.1. The van der Waals surface area contributed by atoms with Crippen molar-refractivity contribution in [1.82, 2.24) is 10.3 Å². The maximum atomic E-state index is 5.06. The van der Waals surface area contributed by atoms with Crippen LogP contribution in [0.4, 0.5) is 0 Å². The average molecular weight is 295 g/mol. The SMILES string of the molecule is CCNC(CC)(CC(C)CC)c1nc2c(s1)CCCC2. The van der Waals surface area contributed by atoms with Gasteiger partial charge in [-0.15, -0.1) is 11.3 Å².